The van der Waals surface area contributed by atoms with Crippen LogP contribution in [-0.2, 0) is 4.79 Å². The number of quaternary nitrogens is 1. The Morgan fingerprint density at radius 2 is 1.90 bits per heavy atom. The number of halogens is 1. The summed E-state index contributed by atoms with van der Waals surface area (Å²) >= 11 is 0. The molecule has 1 saturated heterocycles. The quantitative estimate of drug-likeness (QED) is 0.526. The summed E-state index contributed by atoms with van der Waals surface area (Å²) in [5.41, 5.74) is 6.53. The molecule has 7 heteroatoms. The van der Waals surface area contributed by atoms with Gasteiger partial charge in [0.25, 0.3) is 5.91 Å². The number of hydrogen-bond acceptors (Lipinski definition) is 4. The number of hydrogen-bond donors (Lipinski definition) is 2. The van der Waals surface area contributed by atoms with Gasteiger partial charge in [-0.25, -0.2) is 9.82 Å². The van der Waals surface area contributed by atoms with E-state index in [0.29, 0.717) is 22.7 Å². The van der Waals surface area contributed by atoms with E-state index >= 15 is 0 Å². The molecule has 2 aromatic carbocycles. The Morgan fingerprint density at radius 1 is 1.16 bits per heavy atom. The maximum absolute atomic E-state index is 14.7. The van der Waals surface area contributed by atoms with Gasteiger partial charge in [-0.1, -0.05) is 12.1 Å². The number of anilines is 1. The lowest BCUT2D eigenvalue weighted by Gasteiger charge is -2.33. The van der Waals surface area contributed by atoms with Gasteiger partial charge in [0.2, 0.25) is 0 Å². The van der Waals surface area contributed by atoms with E-state index < -0.39 is 0 Å². The first kappa shape index (κ1) is 22.7. The monoisotopic (exact) mass is 427 g/mol. The van der Waals surface area contributed by atoms with Crippen LogP contribution in [0.25, 0.3) is 0 Å². The first-order valence-electron chi connectivity index (χ1n) is 10.8. The Morgan fingerprint density at radius 3 is 2.55 bits per heavy atom. The topological polar surface area (TPSA) is 58.4 Å². The van der Waals surface area contributed by atoms with Crippen LogP contribution in [0.1, 0.15) is 30.5 Å². The van der Waals surface area contributed by atoms with Crippen LogP contribution < -0.4 is 20.0 Å². The van der Waals surface area contributed by atoms with Crippen molar-refractivity contribution in [3.8, 4) is 5.75 Å². The molecule has 166 valence electrons. The third-order valence-corrected chi connectivity index (χ3v) is 5.87. The van der Waals surface area contributed by atoms with Crippen molar-refractivity contribution in [1.29, 1.82) is 0 Å². The van der Waals surface area contributed by atoms with Gasteiger partial charge in [0.15, 0.2) is 6.61 Å². The lowest BCUT2D eigenvalue weighted by atomic mass is 10.1. The standard InChI is InChI=1S/C24H31FN4O2/c1-5-28-10-12-29(13-11-28)23-9-7-20(15-22(23)25)19(4)26-27-24(30)16-31-21-8-6-17(2)18(3)14-21/h6-9,14-15H,5,10-13,16H2,1-4H3,(H,27,30)/p+1/b26-19-. The molecule has 0 atom stereocenters. The molecule has 0 unspecified atom stereocenters. The molecule has 0 aromatic heterocycles. The second kappa shape index (κ2) is 10.4. The zero-order valence-electron chi connectivity index (χ0n) is 18.8. The molecule has 1 aliphatic rings. The van der Waals surface area contributed by atoms with Gasteiger partial charge in [0, 0.05) is 5.56 Å². The predicted octanol–water partition coefficient (Wildman–Crippen LogP) is 2.09. The van der Waals surface area contributed by atoms with Crippen LogP contribution in [0.3, 0.4) is 0 Å². The smallest absolute Gasteiger partial charge is 0.277 e. The van der Waals surface area contributed by atoms with Crippen molar-refractivity contribution in [2.45, 2.75) is 27.7 Å². The summed E-state index contributed by atoms with van der Waals surface area (Å²) in [6, 6.07) is 10.8. The summed E-state index contributed by atoms with van der Waals surface area (Å²) in [5.74, 6) is 0.000320. The van der Waals surface area contributed by atoms with Crippen molar-refractivity contribution in [2.75, 3.05) is 44.2 Å². The van der Waals surface area contributed by atoms with Crippen LogP contribution in [0.5, 0.6) is 5.75 Å². The lowest BCUT2D eigenvalue weighted by molar-refractivity contribution is -0.898. The van der Waals surface area contributed by atoms with Crippen LogP contribution in [-0.4, -0.2) is 50.9 Å². The largest absolute Gasteiger partial charge is 0.484 e. The molecular weight excluding hydrogens is 395 g/mol. The molecule has 0 saturated carbocycles. The number of amides is 1. The highest BCUT2D eigenvalue weighted by Crippen LogP contribution is 2.21. The number of benzene rings is 2. The predicted molar refractivity (Wildman–Crippen MR) is 122 cm³/mol. The third kappa shape index (κ3) is 6.04. The van der Waals surface area contributed by atoms with E-state index in [4.69, 9.17) is 4.74 Å². The third-order valence-electron chi connectivity index (χ3n) is 5.87. The molecule has 3 rings (SSSR count). The SMILES string of the molecule is CC[NH+]1CCN(c2ccc(/C(C)=N\NC(=O)COc3ccc(C)c(C)c3)cc2F)CC1. The van der Waals surface area contributed by atoms with E-state index in [-0.39, 0.29) is 18.3 Å². The fourth-order valence-corrected chi connectivity index (χ4v) is 3.60. The minimum absolute atomic E-state index is 0.141. The normalized spacial score (nSPS) is 15.1. The number of piperazine rings is 1. The number of aryl methyl sites for hydroxylation is 2. The van der Waals surface area contributed by atoms with E-state index in [1.54, 1.807) is 17.9 Å². The summed E-state index contributed by atoms with van der Waals surface area (Å²) in [7, 11) is 0. The van der Waals surface area contributed by atoms with E-state index in [9.17, 15) is 9.18 Å². The first-order chi connectivity index (χ1) is 14.9. The molecule has 6 nitrogen and oxygen atoms in total. The van der Waals surface area contributed by atoms with Crippen molar-refractivity contribution in [3.63, 3.8) is 0 Å². The van der Waals surface area contributed by atoms with Gasteiger partial charge in [-0.3, -0.25) is 4.79 Å². The zero-order chi connectivity index (χ0) is 22.4. The minimum atomic E-state index is -0.369. The number of carbonyl (C=O) groups excluding carboxylic acids is 1. The van der Waals surface area contributed by atoms with Crippen LogP contribution in [0.15, 0.2) is 41.5 Å². The molecule has 0 bridgehead atoms. The molecule has 1 heterocycles. The van der Waals surface area contributed by atoms with Crippen molar-refractivity contribution in [2.24, 2.45) is 5.10 Å². The number of nitrogens with one attached hydrogen (secondary N) is 2. The fraction of sp³-hybridized carbons (Fsp3) is 0.417. The van der Waals surface area contributed by atoms with E-state index in [2.05, 4.69) is 22.4 Å². The van der Waals surface area contributed by atoms with E-state index in [1.807, 2.05) is 38.1 Å². The second-order valence-corrected chi connectivity index (χ2v) is 8.02. The summed E-state index contributed by atoms with van der Waals surface area (Å²) in [5, 5.41) is 4.10. The molecule has 2 aromatic rings. The first-order valence-corrected chi connectivity index (χ1v) is 10.8. The number of ether oxygens (including phenoxy) is 1. The Balaban J connectivity index is 1.55. The van der Waals surface area contributed by atoms with Gasteiger partial charge in [0.1, 0.15) is 11.6 Å². The molecule has 1 aliphatic heterocycles. The zero-order valence-corrected chi connectivity index (χ0v) is 18.8. The molecule has 1 amide bonds. The van der Waals surface area contributed by atoms with Crippen LogP contribution in [0.4, 0.5) is 10.1 Å². The van der Waals surface area contributed by atoms with Gasteiger partial charge in [0.05, 0.1) is 44.1 Å². The number of nitrogens with zero attached hydrogens (tertiary/aromatic N) is 2. The number of likely N-dealkylation sites (N-methyl/N-ethyl adjacent to an activating group) is 1. The molecule has 31 heavy (non-hydrogen) atoms. The molecule has 0 radical (unpaired) electrons. The Kier molecular flexibility index (Phi) is 7.63. The van der Waals surface area contributed by atoms with Gasteiger partial charge in [-0.2, -0.15) is 5.10 Å². The van der Waals surface area contributed by atoms with Gasteiger partial charge in [-0.15, -0.1) is 0 Å². The van der Waals surface area contributed by atoms with Crippen molar-refractivity contribution in [3.05, 3.63) is 58.9 Å². The average molecular weight is 428 g/mol. The minimum Gasteiger partial charge on any atom is -0.484 e. The summed E-state index contributed by atoms with van der Waals surface area (Å²) in [6.07, 6.45) is 0. The van der Waals surface area contributed by atoms with Crippen LogP contribution in [0, 0.1) is 19.7 Å². The highest BCUT2D eigenvalue weighted by atomic mass is 19.1. The maximum Gasteiger partial charge on any atom is 0.277 e. The number of rotatable bonds is 7. The Labute approximate surface area is 183 Å². The molecule has 2 N–H and O–H groups in total. The van der Waals surface area contributed by atoms with Gasteiger partial charge < -0.3 is 14.5 Å². The van der Waals surface area contributed by atoms with Crippen molar-refractivity contribution in [1.82, 2.24) is 5.43 Å². The summed E-state index contributed by atoms with van der Waals surface area (Å²) in [6.45, 7) is 12.6. The molecule has 0 aliphatic carbocycles. The van der Waals surface area contributed by atoms with Crippen molar-refractivity contribution >= 4 is 17.3 Å². The molecular formula is C24H32FN4O2+. The van der Waals surface area contributed by atoms with Crippen molar-refractivity contribution < 1.29 is 18.8 Å². The molecule has 1 fully saturated rings. The van der Waals surface area contributed by atoms with Crippen LogP contribution >= 0.6 is 0 Å². The van der Waals surface area contributed by atoms with E-state index in [0.717, 1.165) is 38.3 Å². The maximum atomic E-state index is 14.7. The summed E-state index contributed by atoms with van der Waals surface area (Å²) < 4.78 is 20.2. The highest BCUT2D eigenvalue weighted by Gasteiger charge is 2.21. The van der Waals surface area contributed by atoms with Crippen LogP contribution in [0.2, 0.25) is 0 Å². The van der Waals surface area contributed by atoms with E-state index in [1.165, 1.54) is 11.6 Å². The fourth-order valence-electron chi connectivity index (χ4n) is 3.60. The Hall–Kier alpha value is -2.93. The highest BCUT2D eigenvalue weighted by molar-refractivity contribution is 5.99. The molecule has 0 spiro atoms. The average Bonchev–Trinajstić information content (AvgIpc) is 2.78. The van der Waals surface area contributed by atoms with Gasteiger partial charge >= 0.3 is 0 Å². The number of carbonyl (C=O) groups is 1. The Bertz CT molecular complexity index is 953. The van der Waals surface area contributed by atoms with Gasteiger partial charge in [-0.05, 0) is 63.1 Å². The summed E-state index contributed by atoms with van der Waals surface area (Å²) in [4.78, 5) is 15.7. The lowest BCUT2D eigenvalue weighted by Crippen LogP contribution is -3.14. The number of hydrazone groups is 1. The second-order valence-electron chi connectivity index (χ2n) is 8.02.